The topological polar surface area (TPSA) is 90.7 Å². The third kappa shape index (κ3) is 4.27. The van der Waals surface area contributed by atoms with Gasteiger partial charge in [-0.3, -0.25) is 4.79 Å². The highest BCUT2D eigenvalue weighted by molar-refractivity contribution is 5.92. The summed E-state index contributed by atoms with van der Waals surface area (Å²) >= 11 is 0. The maximum absolute atomic E-state index is 10.9. The van der Waals surface area contributed by atoms with Crippen LogP contribution in [0, 0.1) is 22.7 Å². The maximum atomic E-state index is 10.9. The number of nitrogens with two attached hydrogens (primary N) is 1. The van der Waals surface area contributed by atoms with E-state index < -0.39 is 5.91 Å². The molecule has 0 aliphatic rings. The van der Waals surface area contributed by atoms with Gasteiger partial charge < -0.3 is 5.73 Å². The van der Waals surface area contributed by atoms with E-state index in [1.165, 1.54) is 0 Å². The average molecular weight is 191 g/mol. The van der Waals surface area contributed by atoms with Crippen LogP contribution >= 0.6 is 0 Å². The molecule has 0 heterocycles. The van der Waals surface area contributed by atoms with Crippen LogP contribution in [0.2, 0.25) is 0 Å². The molecule has 0 radical (unpaired) electrons. The van der Waals surface area contributed by atoms with E-state index >= 15 is 0 Å². The number of amides is 1. The first-order valence-corrected chi connectivity index (χ1v) is 4.35. The molecule has 0 bridgehead atoms. The molecule has 0 atom stereocenters. The van der Waals surface area contributed by atoms with Crippen LogP contribution < -0.4 is 5.73 Å². The molecule has 2 N–H and O–H groups in total. The Balaban J connectivity index is 4.55. The molecule has 0 aromatic heterocycles. The van der Waals surface area contributed by atoms with Gasteiger partial charge in [-0.05, 0) is 19.8 Å². The highest BCUT2D eigenvalue weighted by Gasteiger charge is 2.07. The lowest BCUT2D eigenvalue weighted by atomic mass is 9.99. The summed E-state index contributed by atoms with van der Waals surface area (Å²) in [6.07, 6.45) is 1.75. The standard InChI is InChI=1S/C10H13N3O/c1-8(10(13)14)9(4-2-6-11)5-3-7-12/h2-5H2,1H3,(H2,13,14). The minimum absolute atomic E-state index is 0.353. The van der Waals surface area contributed by atoms with Gasteiger partial charge in [-0.25, -0.2) is 0 Å². The highest BCUT2D eigenvalue weighted by Crippen LogP contribution is 2.16. The summed E-state index contributed by atoms with van der Waals surface area (Å²) in [4.78, 5) is 10.9. The van der Waals surface area contributed by atoms with Gasteiger partial charge in [-0.2, -0.15) is 10.5 Å². The molecule has 0 rings (SSSR count). The molecule has 0 aliphatic carbocycles. The van der Waals surface area contributed by atoms with Gasteiger partial charge in [0.2, 0.25) is 5.91 Å². The molecule has 4 nitrogen and oxygen atoms in total. The first-order chi connectivity index (χ1) is 6.63. The average Bonchev–Trinajstić information content (AvgIpc) is 2.17. The van der Waals surface area contributed by atoms with Crippen molar-refractivity contribution in [2.24, 2.45) is 5.73 Å². The highest BCUT2D eigenvalue weighted by atomic mass is 16.1. The second kappa shape index (κ2) is 6.68. The molecular weight excluding hydrogens is 178 g/mol. The first kappa shape index (κ1) is 12.2. The summed E-state index contributed by atoms with van der Waals surface area (Å²) in [6, 6.07) is 4.00. The normalized spacial score (nSPS) is 8.50. The molecule has 14 heavy (non-hydrogen) atoms. The Labute approximate surface area is 83.6 Å². The first-order valence-electron chi connectivity index (χ1n) is 4.35. The Bertz CT molecular complexity index is 297. The second-order valence-corrected chi connectivity index (χ2v) is 2.91. The molecular formula is C10H13N3O. The van der Waals surface area contributed by atoms with Crippen molar-refractivity contribution in [1.29, 1.82) is 10.5 Å². The van der Waals surface area contributed by atoms with E-state index in [9.17, 15) is 4.79 Å². The second-order valence-electron chi connectivity index (χ2n) is 2.91. The van der Waals surface area contributed by atoms with E-state index in [4.69, 9.17) is 16.3 Å². The van der Waals surface area contributed by atoms with Gasteiger partial charge in [0.05, 0.1) is 12.1 Å². The van der Waals surface area contributed by atoms with E-state index in [1.54, 1.807) is 6.92 Å². The Kier molecular flexibility index (Phi) is 5.82. The van der Waals surface area contributed by atoms with Crippen LogP contribution in [-0.2, 0) is 4.79 Å². The Morgan fingerprint density at radius 2 is 1.64 bits per heavy atom. The predicted molar refractivity (Wildman–Crippen MR) is 51.6 cm³/mol. The molecule has 0 unspecified atom stereocenters. The van der Waals surface area contributed by atoms with Crippen LogP contribution in [0.1, 0.15) is 32.6 Å². The number of nitriles is 2. The molecule has 0 fully saturated rings. The number of hydrogen-bond donors (Lipinski definition) is 1. The van der Waals surface area contributed by atoms with E-state index in [2.05, 4.69) is 0 Å². The van der Waals surface area contributed by atoms with Crippen molar-refractivity contribution in [3.05, 3.63) is 11.1 Å². The number of carbonyl (C=O) groups excluding carboxylic acids is 1. The number of primary amides is 1. The van der Waals surface area contributed by atoms with Gasteiger partial charge in [-0.1, -0.05) is 5.57 Å². The molecule has 4 heteroatoms. The fourth-order valence-corrected chi connectivity index (χ4v) is 1.09. The zero-order valence-electron chi connectivity index (χ0n) is 8.21. The molecule has 0 spiro atoms. The fraction of sp³-hybridized carbons (Fsp3) is 0.500. The Morgan fingerprint density at radius 3 is 1.93 bits per heavy atom. The van der Waals surface area contributed by atoms with Crippen molar-refractivity contribution in [1.82, 2.24) is 0 Å². The van der Waals surface area contributed by atoms with Crippen molar-refractivity contribution in [2.45, 2.75) is 32.6 Å². The molecule has 0 aliphatic heterocycles. The predicted octanol–water partition coefficient (Wildman–Crippen LogP) is 1.40. The van der Waals surface area contributed by atoms with Crippen LogP contribution in [0.25, 0.3) is 0 Å². The van der Waals surface area contributed by atoms with Gasteiger partial charge >= 0.3 is 0 Å². The summed E-state index contributed by atoms with van der Waals surface area (Å²) in [6.45, 7) is 1.63. The molecule has 0 aromatic carbocycles. The van der Waals surface area contributed by atoms with E-state index in [-0.39, 0.29) is 0 Å². The SMILES string of the molecule is CC(C(N)=O)=C(CCC#N)CCC#N. The number of rotatable bonds is 5. The Hall–Kier alpha value is -1.81. The molecule has 0 saturated heterocycles. The molecule has 1 amide bonds. The van der Waals surface area contributed by atoms with Gasteiger partial charge in [0.15, 0.2) is 0 Å². The zero-order valence-corrected chi connectivity index (χ0v) is 8.21. The van der Waals surface area contributed by atoms with Gasteiger partial charge in [-0.15, -0.1) is 0 Å². The number of allylic oxidation sites excluding steroid dienone is 1. The van der Waals surface area contributed by atoms with Gasteiger partial charge in [0.1, 0.15) is 0 Å². The van der Waals surface area contributed by atoms with Crippen molar-refractivity contribution >= 4 is 5.91 Å². The quantitative estimate of drug-likeness (QED) is 0.666. The molecule has 0 aromatic rings. The van der Waals surface area contributed by atoms with Gasteiger partial charge in [0, 0.05) is 18.4 Å². The van der Waals surface area contributed by atoms with Crippen molar-refractivity contribution in [2.75, 3.05) is 0 Å². The summed E-state index contributed by atoms with van der Waals surface area (Å²) in [5.74, 6) is -0.476. The number of carbonyl (C=O) groups is 1. The zero-order chi connectivity index (χ0) is 11.0. The van der Waals surface area contributed by atoms with E-state index in [1.807, 2.05) is 12.1 Å². The van der Waals surface area contributed by atoms with Crippen LogP contribution in [0.15, 0.2) is 11.1 Å². The number of nitrogens with zero attached hydrogens (tertiary/aromatic N) is 2. The molecule has 74 valence electrons. The summed E-state index contributed by atoms with van der Waals surface area (Å²) in [7, 11) is 0. The van der Waals surface area contributed by atoms with Gasteiger partial charge in [0.25, 0.3) is 0 Å². The smallest absolute Gasteiger partial charge is 0.244 e. The van der Waals surface area contributed by atoms with Crippen molar-refractivity contribution in [3.8, 4) is 12.1 Å². The van der Waals surface area contributed by atoms with Crippen molar-refractivity contribution in [3.63, 3.8) is 0 Å². The lowest BCUT2D eigenvalue weighted by Gasteiger charge is -2.05. The lowest BCUT2D eigenvalue weighted by Crippen LogP contribution is -2.13. The van der Waals surface area contributed by atoms with E-state index in [0.29, 0.717) is 31.3 Å². The van der Waals surface area contributed by atoms with Crippen LogP contribution in [0.4, 0.5) is 0 Å². The number of hydrogen-bond acceptors (Lipinski definition) is 3. The van der Waals surface area contributed by atoms with Crippen LogP contribution in [0.3, 0.4) is 0 Å². The summed E-state index contributed by atoms with van der Waals surface area (Å²) in [5, 5.41) is 16.8. The monoisotopic (exact) mass is 191 g/mol. The molecule has 0 saturated carbocycles. The Morgan fingerprint density at radius 1 is 1.21 bits per heavy atom. The summed E-state index contributed by atoms with van der Waals surface area (Å²) in [5.41, 5.74) is 6.42. The lowest BCUT2D eigenvalue weighted by molar-refractivity contribution is -0.114. The third-order valence-electron chi connectivity index (χ3n) is 1.98. The van der Waals surface area contributed by atoms with Crippen LogP contribution in [0.5, 0.6) is 0 Å². The maximum Gasteiger partial charge on any atom is 0.244 e. The largest absolute Gasteiger partial charge is 0.366 e. The summed E-state index contributed by atoms with van der Waals surface area (Å²) < 4.78 is 0. The van der Waals surface area contributed by atoms with Crippen LogP contribution in [-0.4, -0.2) is 5.91 Å². The minimum atomic E-state index is -0.476. The van der Waals surface area contributed by atoms with Crippen molar-refractivity contribution < 1.29 is 4.79 Å². The third-order valence-corrected chi connectivity index (χ3v) is 1.98. The van der Waals surface area contributed by atoms with E-state index in [0.717, 1.165) is 5.57 Å². The minimum Gasteiger partial charge on any atom is -0.366 e. The fourth-order valence-electron chi connectivity index (χ4n) is 1.09.